The largest absolute Gasteiger partial charge is 0.395 e. The van der Waals surface area contributed by atoms with Crippen molar-refractivity contribution in [2.45, 2.75) is 13.0 Å². The molecule has 1 aromatic rings. The van der Waals surface area contributed by atoms with E-state index in [0.717, 1.165) is 35.7 Å². The molecule has 0 spiro atoms. The maximum Gasteiger partial charge on any atom is 0.151 e. The molecule has 1 fully saturated rings. The molecule has 0 aromatic carbocycles. The second-order valence-corrected chi connectivity index (χ2v) is 5.37. The molecule has 2 rings (SSSR count). The maximum atomic E-state index is 9.12. The van der Waals surface area contributed by atoms with Crippen LogP contribution in [0.2, 0.25) is 0 Å². The molecule has 5 nitrogen and oxygen atoms in total. The molecule has 1 atom stereocenters. The monoisotopic (exact) mass is 348 g/mol. The lowest BCUT2D eigenvalue weighted by Gasteiger charge is -2.37. The first-order valence-electron chi connectivity index (χ1n) is 5.80. The average Bonchev–Trinajstić information content (AvgIpc) is 2.39. The highest BCUT2D eigenvalue weighted by Gasteiger charge is 2.21. The van der Waals surface area contributed by atoms with Gasteiger partial charge >= 0.3 is 0 Å². The van der Waals surface area contributed by atoms with Crippen LogP contribution in [0.15, 0.2) is 12.1 Å². The van der Waals surface area contributed by atoms with Gasteiger partial charge in [-0.05, 0) is 41.6 Å². The summed E-state index contributed by atoms with van der Waals surface area (Å²) in [7, 11) is 0. The molecule has 1 aliphatic rings. The smallest absolute Gasteiger partial charge is 0.151 e. The molecule has 1 unspecified atom stereocenters. The predicted molar refractivity (Wildman–Crippen MR) is 75.1 cm³/mol. The zero-order chi connectivity index (χ0) is 12.3. The minimum absolute atomic E-state index is 0.226. The lowest BCUT2D eigenvalue weighted by molar-refractivity contribution is 0.128. The van der Waals surface area contributed by atoms with E-state index in [0.29, 0.717) is 0 Å². The predicted octanol–water partition coefficient (Wildman–Crippen LogP) is 0.584. The van der Waals surface area contributed by atoms with Crippen molar-refractivity contribution < 1.29 is 5.11 Å². The van der Waals surface area contributed by atoms with Crippen molar-refractivity contribution in [1.29, 1.82) is 0 Å². The summed E-state index contributed by atoms with van der Waals surface area (Å²) >= 11 is 2.16. The highest BCUT2D eigenvalue weighted by atomic mass is 127. The SMILES string of the molecule is CC(CO)N1CCN(c2ccc(I)nn2)CC1. The van der Waals surface area contributed by atoms with Gasteiger partial charge in [0.15, 0.2) is 5.82 Å². The second kappa shape index (κ2) is 5.92. The Morgan fingerprint density at radius 2 is 2.00 bits per heavy atom. The Kier molecular flexibility index (Phi) is 4.52. The minimum Gasteiger partial charge on any atom is -0.395 e. The van der Waals surface area contributed by atoms with Crippen molar-refractivity contribution in [3.8, 4) is 0 Å². The second-order valence-electron chi connectivity index (χ2n) is 4.27. The Morgan fingerprint density at radius 3 is 2.53 bits per heavy atom. The number of anilines is 1. The summed E-state index contributed by atoms with van der Waals surface area (Å²) in [5, 5.41) is 17.4. The van der Waals surface area contributed by atoms with Crippen LogP contribution >= 0.6 is 22.6 Å². The molecule has 0 amide bonds. The first-order chi connectivity index (χ1) is 8.20. The molecule has 0 bridgehead atoms. The van der Waals surface area contributed by atoms with E-state index in [2.05, 4.69) is 49.5 Å². The van der Waals surface area contributed by atoms with Crippen molar-refractivity contribution >= 4 is 28.4 Å². The van der Waals surface area contributed by atoms with Gasteiger partial charge in [-0.15, -0.1) is 10.2 Å². The average molecular weight is 348 g/mol. The summed E-state index contributed by atoms with van der Waals surface area (Å²) in [6.07, 6.45) is 0. The number of hydrogen-bond acceptors (Lipinski definition) is 5. The molecule has 2 heterocycles. The zero-order valence-corrected chi connectivity index (χ0v) is 12.0. The van der Waals surface area contributed by atoms with Gasteiger partial charge in [-0.2, -0.15) is 0 Å². The van der Waals surface area contributed by atoms with Gasteiger partial charge in [0.25, 0.3) is 0 Å². The van der Waals surface area contributed by atoms with Gasteiger partial charge in [0.2, 0.25) is 0 Å². The van der Waals surface area contributed by atoms with Gasteiger partial charge in [-0.3, -0.25) is 4.90 Å². The number of piperazine rings is 1. The van der Waals surface area contributed by atoms with Crippen molar-refractivity contribution in [2.24, 2.45) is 0 Å². The third-order valence-corrected chi connectivity index (χ3v) is 3.72. The minimum atomic E-state index is 0.226. The van der Waals surface area contributed by atoms with Crippen molar-refractivity contribution in [3.63, 3.8) is 0 Å². The molecule has 0 saturated carbocycles. The fourth-order valence-corrected chi connectivity index (χ4v) is 2.27. The third-order valence-electron chi connectivity index (χ3n) is 3.14. The van der Waals surface area contributed by atoms with Gasteiger partial charge in [0, 0.05) is 32.2 Å². The van der Waals surface area contributed by atoms with E-state index in [4.69, 9.17) is 5.11 Å². The number of rotatable bonds is 3. The van der Waals surface area contributed by atoms with E-state index >= 15 is 0 Å². The van der Waals surface area contributed by atoms with Crippen molar-refractivity contribution in [3.05, 3.63) is 15.8 Å². The van der Waals surface area contributed by atoms with Gasteiger partial charge in [-0.25, -0.2) is 0 Å². The third kappa shape index (κ3) is 3.26. The van der Waals surface area contributed by atoms with Crippen LogP contribution in [-0.4, -0.2) is 59.0 Å². The summed E-state index contributed by atoms with van der Waals surface area (Å²) in [6, 6.07) is 4.24. The fourth-order valence-electron chi connectivity index (χ4n) is 1.98. The molecular formula is C11H17IN4O. The molecule has 6 heteroatoms. The quantitative estimate of drug-likeness (QED) is 0.811. The van der Waals surface area contributed by atoms with Gasteiger partial charge in [0.05, 0.1) is 6.61 Å². The molecule has 0 aliphatic carbocycles. The summed E-state index contributed by atoms with van der Waals surface area (Å²) in [5.74, 6) is 0.946. The number of halogens is 1. The summed E-state index contributed by atoms with van der Waals surface area (Å²) in [6.45, 7) is 6.10. The lowest BCUT2D eigenvalue weighted by atomic mass is 10.2. The van der Waals surface area contributed by atoms with E-state index < -0.39 is 0 Å². The Bertz CT molecular complexity index is 351. The van der Waals surface area contributed by atoms with Crippen molar-refractivity contribution in [2.75, 3.05) is 37.7 Å². The number of aromatic nitrogens is 2. The van der Waals surface area contributed by atoms with Crippen LogP contribution in [0.4, 0.5) is 5.82 Å². The summed E-state index contributed by atoms with van der Waals surface area (Å²) in [4.78, 5) is 4.54. The van der Waals surface area contributed by atoms with E-state index in [1.807, 2.05) is 12.1 Å². The van der Waals surface area contributed by atoms with Gasteiger partial charge in [0.1, 0.15) is 3.70 Å². The summed E-state index contributed by atoms with van der Waals surface area (Å²) in [5.41, 5.74) is 0. The Hall–Kier alpha value is -0.470. The van der Waals surface area contributed by atoms with E-state index in [1.165, 1.54) is 0 Å². The topological polar surface area (TPSA) is 52.5 Å². The molecule has 94 valence electrons. The Morgan fingerprint density at radius 1 is 1.29 bits per heavy atom. The number of aliphatic hydroxyl groups excluding tert-OH is 1. The van der Waals surface area contributed by atoms with Crippen LogP contribution in [-0.2, 0) is 0 Å². The molecule has 1 N–H and O–H groups in total. The molecule has 1 aromatic heterocycles. The van der Waals surface area contributed by atoms with E-state index in [1.54, 1.807) is 0 Å². The maximum absolute atomic E-state index is 9.12. The number of nitrogens with zero attached hydrogens (tertiary/aromatic N) is 4. The van der Waals surface area contributed by atoms with Gasteiger partial charge in [-0.1, -0.05) is 0 Å². The Labute approximate surface area is 115 Å². The van der Waals surface area contributed by atoms with Gasteiger partial charge < -0.3 is 10.0 Å². The first kappa shape index (κ1) is 13.0. The van der Waals surface area contributed by atoms with Crippen LogP contribution < -0.4 is 4.90 Å². The van der Waals surface area contributed by atoms with E-state index in [-0.39, 0.29) is 12.6 Å². The summed E-state index contributed by atoms with van der Waals surface area (Å²) < 4.78 is 0.916. The molecule has 1 aliphatic heterocycles. The highest BCUT2D eigenvalue weighted by Crippen LogP contribution is 2.14. The normalized spacial score (nSPS) is 19.4. The molecule has 1 saturated heterocycles. The van der Waals surface area contributed by atoms with Crippen LogP contribution in [0.25, 0.3) is 0 Å². The highest BCUT2D eigenvalue weighted by molar-refractivity contribution is 14.1. The molecular weight excluding hydrogens is 331 g/mol. The number of aliphatic hydroxyl groups is 1. The van der Waals surface area contributed by atoms with Crippen LogP contribution in [0, 0.1) is 3.70 Å². The first-order valence-corrected chi connectivity index (χ1v) is 6.87. The number of hydrogen-bond donors (Lipinski definition) is 1. The van der Waals surface area contributed by atoms with Crippen LogP contribution in [0.1, 0.15) is 6.92 Å². The van der Waals surface area contributed by atoms with E-state index in [9.17, 15) is 0 Å². The Balaban J connectivity index is 1.93. The van der Waals surface area contributed by atoms with Crippen LogP contribution in [0.3, 0.4) is 0 Å². The lowest BCUT2D eigenvalue weighted by Crippen LogP contribution is -2.50. The standard InChI is InChI=1S/C11H17IN4O/c1-9(8-17)15-4-6-16(7-5-15)11-3-2-10(12)13-14-11/h2-3,9,17H,4-8H2,1H3. The van der Waals surface area contributed by atoms with Crippen molar-refractivity contribution in [1.82, 2.24) is 15.1 Å². The molecule has 0 radical (unpaired) electrons. The molecule has 17 heavy (non-hydrogen) atoms. The van der Waals surface area contributed by atoms with Crippen LogP contribution in [0.5, 0.6) is 0 Å². The fraction of sp³-hybridized carbons (Fsp3) is 0.636. The zero-order valence-electron chi connectivity index (χ0n) is 9.88.